The molecule has 1 N–H and O–H groups in total. The van der Waals surface area contributed by atoms with Crippen LogP contribution in [-0.2, 0) is 9.47 Å². The molecule has 2 heterocycles. The predicted molar refractivity (Wildman–Crippen MR) is 57.1 cm³/mol. The molecule has 1 aliphatic rings. The van der Waals surface area contributed by atoms with E-state index < -0.39 is 0 Å². The van der Waals surface area contributed by atoms with Crippen molar-refractivity contribution in [3.8, 4) is 0 Å². The van der Waals surface area contributed by atoms with Crippen molar-refractivity contribution in [3.05, 3.63) is 30.1 Å². The molecule has 0 saturated carbocycles. The number of amides is 1. The molecule has 5 nitrogen and oxygen atoms in total. The molecule has 1 atom stereocenters. The smallest absolute Gasteiger partial charge is 0.269 e. The molecule has 1 amide bonds. The summed E-state index contributed by atoms with van der Waals surface area (Å²) in [5.74, 6) is -0.185. The van der Waals surface area contributed by atoms with E-state index in [9.17, 15) is 4.79 Å². The lowest BCUT2D eigenvalue weighted by Gasteiger charge is -2.22. The molecule has 86 valence electrons. The third-order valence-electron chi connectivity index (χ3n) is 2.27. The van der Waals surface area contributed by atoms with Crippen LogP contribution in [0.15, 0.2) is 24.4 Å². The zero-order valence-corrected chi connectivity index (χ0v) is 8.89. The number of nitrogens with zero attached hydrogens (tertiary/aromatic N) is 1. The molecule has 2 rings (SSSR count). The second kappa shape index (κ2) is 5.58. The highest BCUT2D eigenvalue weighted by Crippen LogP contribution is 2.00. The first-order valence-electron chi connectivity index (χ1n) is 5.25. The minimum absolute atomic E-state index is 0.0542. The monoisotopic (exact) mass is 222 g/mol. The van der Waals surface area contributed by atoms with Gasteiger partial charge in [0, 0.05) is 12.7 Å². The molecule has 0 aromatic carbocycles. The van der Waals surface area contributed by atoms with Crippen molar-refractivity contribution in [1.29, 1.82) is 0 Å². The van der Waals surface area contributed by atoms with Crippen LogP contribution in [0.2, 0.25) is 0 Å². The van der Waals surface area contributed by atoms with Gasteiger partial charge in [-0.15, -0.1) is 0 Å². The number of ether oxygens (including phenoxy) is 2. The molecular formula is C11H14N2O3. The highest BCUT2D eigenvalue weighted by Gasteiger charge is 2.15. The Kier molecular flexibility index (Phi) is 3.85. The summed E-state index contributed by atoms with van der Waals surface area (Å²) in [5, 5.41) is 2.76. The van der Waals surface area contributed by atoms with Gasteiger partial charge in [0.1, 0.15) is 5.69 Å². The summed E-state index contributed by atoms with van der Waals surface area (Å²) >= 11 is 0. The van der Waals surface area contributed by atoms with Gasteiger partial charge in [0.25, 0.3) is 5.91 Å². The van der Waals surface area contributed by atoms with Crippen LogP contribution in [0.3, 0.4) is 0 Å². The Morgan fingerprint density at radius 3 is 3.12 bits per heavy atom. The van der Waals surface area contributed by atoms with Crippen LogP contribution in [0.5, 0.6) is 0 Å². The highest BCUT2D eigenvalue weighted by atomic mass is 16.6. The van der Waals surface area contributed by atoms with Gasteiger partial charge >= 0.3 is 0 Å². The fraction of sp³-hybridized carbons (Fsp3) is 0.455. The van der Waals surface area contributed by atoms with Crippen LogP contribution in [0.25, 0.3) is 0 Å². The molecule has 0 spiro atoms. The maximum absolute atomic E-state index is 11.6. The third-order valence-corrected chi connectivity index (χ3v) is 2.27. The molecular weight excluding hydrogens is 208 g/mol. The summed E-state index contributed by atoms with van der Waals surface area (Å²) in [4.78, 5) is 15.6. The summed E-state index contributed by atoms with van der Waals surface area (Å²) < 4.78 is 10.6. The number of carbonyl (C=O) groups excluding carboxylic acids is 1. The first-order valence-corrected chi connectivity index (χ1v) is 5.25. The SMILES string of the molecule is O=C(NCC1COCCO1)c1ccccn1. The largest absolute Gasteiger partial charge is 0.376 e. The second-order valence-electron chi connectivity index (χ2n) is 3.49. The van der Waals surface area contributed by atoms with Crippen LogP contribution in [0, 0.1) is 0 Å². The summed E-state index contributed by atoms with van der Waals surface area (Å²) in [6, 6.07) is 5.23. The highest BCUT2D eigenvalue weighted by molar-refractivity contribution is 5.92. The minimum atomic E-state index is -0.185. The second-order valence-corrected chi connectivity index (χ2v) is 3.49. The quantitative estimate of drug-likeness (QED) is 0.795. The number of rotatable bonds is 3. The lowest BCUT2D eigenvalue weighted by atomic mass is 10.3. The van der Waals surface area contributed by atoms with Gasteiger partial charge in [-0.25, -0.2) is 0 Å². The van der Waals surface area contributed by atoms with E-state index in [1.165, 1.54) is 0 Å². The van der Waals surface area contributed by atoms with Gasteiger partial charge in [-0.2, -0.15) is 0 Å². The van der Waals surface area contributed by atoms with Gasteiger partial charge < -0.3 is 14.8 Å². The number of pyridine rings is 1. The lowest BCUT2D eigenvalue weighted by Crippen LogP contribution is -2.39. The fourth-order valence-electron chi connectivity index (χ4n) is 1.45. The summed E-state index contributed by atoms with van der Waals surface area (Å²) in [6.07, 6.45) is 1.54. The molecule has 1 unspecified atom stereocenters. The van der Waals surface area contributed by atoms with Gasteiger partial charge in [0.15, 0.2) is 0 Å². The molecule has 16 heavy (non-hydrogen) atoms. The van der Waals surface area contributed by atoms with Crippen molar-refractivity contribution in [2.45, 2.75) is 6.10 Å². The number of hydrogen-bond donors (Lipinski definition) is 1. The Bertz CT molecular complexity index is 336. The number of hydrogen-bond acceptors (Lipinski definition) is 4. The van der Waals surface area contributed by atoms with Gasteiger partial charge in [0.05, 0.1) is 25.9 Å². The zero-order chi connectivity index (χ0) is 11.2. The number of aromatic nitrogens is 1. The van der Waals surface area contributed by atoms with E-state index in [0.717, 1.165) is 0 Å². The lowest BCUT2D eigenvalue weighted by molar-refractivity contribution is -0.0855. The maximum atomic E-state index is 11.6. The van der Waals surface area contributed by atoms with E-state index in [-0.39, 0.29) is 12.0 Å². The first-order chi connectivity index (χ1) is 7.86. The van der Waals surface area contributed by atoms with Gasteiger partial charge in [0.2, 0.25) is 0 Å². The van der Waals surface area contributed by atoms with Crippen molar-refractivity contribution >= 4 is 5.91 Å². The van der Waals surface area contributed by atoms with E-state index in [4.69, 9.17) is 9.47 Å². The van der Waals surface area contributed by atoms with Crippen molar-refractivity contribution in [1.82, 2.24) is 10.3 Å². The summed E-state index contributed by atoms with van der Waals surface area (Å²) in [6.45, 7) is 2.20. The van der Waals surface area contributed by atoms with Gasteiger partial charge in [-0.1, -0.05) is 6.07 Å². The third kappa shape index (κ3) is 3.01. The molecule has 0 aliphatic carbocycles. The Hall–Kier alpha value is -1.46. The van der Waals surface area contributed by atoms with Crippen molar-refractivity contribution in [3.63, 3.8) is 0 Å². The summed E-state index contributed by atoms with van der Waals surface area (Å²) in [5.41, 5.74) is 0.416. The van der Waals surface area contributed by atoms with E-state index in [1.807, 2.05) is 0 Å². The molecule has 1 fully saturated rings. The van der Waals surface area contributed by atoms with Crippen LogP contribution in [0.1, 0.15) is 10.5 Å². The van der Waals surface area contributed by atoms with Crippen LogP contribution in [-0.4, -0.2) is 43.4 Å². The zero-order valence-electron chi connectivity index (χ0n) is 8.89. The number of nitrogens with one attached hydrogen (secondary N) is 1. The average molecular weight is 222 g/mol. The fourth-order valence-corrected chi connectivity index (χ4v) is 1.45. The first kappa shape index (κ1) is 11.0. The molecule has 1 aromatic heterocycles. The van der Waals surface area contributed by atoms with E-state index in [2.05, 4.69) is 10.3 Å². The topological polar surface area (TPSA) is 60.5 Å². The number of carbonyl (C=O) groups is 1. The normalized spacial score (nSPS) is 20.4. The van der Waals surface area contributed by atoms with E-state index in [1.54, 1.807) is 24.4 Å². The molecule has 0 bridgehead atoms. The molecule has 1 saturated heterocycles. The predicted octanol–water partition coefficient (Wildman–Crippen LogP) is 0.227. The van der Waals surface area contributed by atoms with E-state index >= 15 is 0 Å². The van der Waals surface area contributed by atoms with Crippen molar-refractivity contribution in [2.75, 3.05) is 26.4 Å². The minimum Gasteiger partial charge on any atom is -0.376 e. The Morgan fingerprint density at radius 2 is 2.44 bits per heavy atom. The molecule has 1 aliphatic heterocycles. The van der Waals surface area contributed by atoms with Crippen molar-refractivity contribution in [2.24, 2.45) is 0 Å². The van der Waals surface area contributed by atoms with Crippen LogP contribution >= 0.6 is 0 Å². The Labute approximate surface area is 93.8 Å². The standard InChI is InChI=1S/C11H14N2O3/c14-11(10-3-1-2-4-12-10)13-7-9-8-15-5-6-16-9/h1-4,9H,5-8H2,(H,13,14). The van der Waals surface area contributed by atoms with Crippen LogP contribution < -0.4 is 5.32 Å². The van der Waals surface area contributed by atoms with Gasteiger partial charge in [-0.05, 0) is 12.1 Å². The maximum Gasteiger partial charge on any atom is 0.269 e. The average Bonchev–Trinajstić information content (AvgIpc) is 2.38. The molecule has 5 heteroatoms. The Balaban J connectivity index is 1.79. The molecule has 0 radical (unpaired) electrons. The van der Waals surface area contributed by atoms with Crippen molar-refractivity contribution < 1.29 is 14.3 Å². The summed E-state index contributed by atoms with van der Waals surface area (Å²) in [7, 11) is 0. The Morgan fingerprint density at radius 1 is 1.50 bits per heavy atom. The molecule has 1 aromatic rings. The van der Waals surface area contributed by atoms with Crippen LogP contribution in [0.4, 0.5) is 0 Å². The van der Waals surface area contributed by atoms with E-state index in [0.29, 0.717) is 32.1 Å². The van der Waals surface area contributed by atoms with Gasteiger partial charge in [-0.3, -0.25) is 9.78 Å².